The minimum absolute atomic E-state index is 0.0240. The van der Waals surface area contributed by atoms with Crippen LogP contribution in [-0.4, -0.2) is 35.0 Å². The third-order valence-corrected chi connectivity index (χ3v) is 7.74. The topological polar surface area (TPSA) is 78.9 Å². The number of likely N-dealkylation sites (N-methyl/N-ethyl adjacent to an activating group) is 1. The standard InChI is InChI=1S/C23H29N3O2/c1-14-7-9-22(10-8-14)13-17-4-3-16(15-5-6-18(27)11-15)12-19(17)23(22)20(28)26(2)21(24)25-23/h3-4,11-12,14,18,27H,5-10,13H2,1-2H3,(H2,24,25). The van der Waals surface area contributed by atoms with E-state index in [1.54, 1.807) is 11.9 Å². The first-order chi connectivity index (χ1) is 13.4. The Morgan fingerprint density at radius 2 is 2.00 bits per heavy atom. The van der Waals surface area contributed by atoms with Gasteiger partial charge in [-0.05, 0) is 66.4 Å². The van der Waals surface area contributed by atoms with Gasteiger partial charge in [0.15, 0.2) is 11.5 Å². The van der Waals surface area contributed by atoms with E-state index in [9.17, 15) is 9.90 Å². The van der Waals surface area contributed by atoms with Gasteiger partial charge in [-0.25, -0.2) is 4.99 Å². The van der Waals surface area contributed by atoms with Crippen molar-refractivity contribution in [3.05, 3.63) is 41.0 Å². The maximum atomic E-state index is 13.6. The van der Waals surface area contributed by atoms with Crippen molar-refractivity contribution in [1.82, 2.24) is 4.90 Å². The Hall–Kier alpha value is -2.14. The van der Waals surface area contributed by atoms with E-state index < -0.39 is 5.54 Å². The number of benzene rings is 1. The van der Waals surface area contributed by atoms with Crippen molar-refractivity contribution in [2.45, 2.75) is 63.5 Å². The molecule has 0 bridgehead atoms. The van der Waals surface area contributed by atoms with E-state index in [0.717, 1.165) is 56.1 Å². The number of carbonyl (C=O) groups excluding carboxylic acids is 1. The summed E-state index contributed by atoms with van der Waals surface area (Å²) in [6.45, 7) is 2.30. The summed E-state index contributed by atoms with van der Waals surface area (Å²) < 4.78 is 0. The number of nitrogens with two attached hydrogens (primary N) is 1. The van der Waals surface area contributed by atoms with Crippen LogP contribution in [0.15, 0.2) is 29.3 Å². The van der Waals surface area contributed by atoms with E-state index in [-0.39, 0.29) is 17.4 Å². The zero-order valence-corrected chi connectivity index (χ0v) is 16.7. The van der Waals surface area contributed by atoms with Crippen LogP contribution in [0.1, 0.15) is 62.1 Å². The summed E-state index contributed by atoms with van der Waals surface area (Å²) in [5.74, 6) is 1.05. The molecular weight excluding hydrogens is 350 g/mol. The molecule has 2 atom stereocenters. The van der Waals surface area contributed by atoms with Crippen LogP contribution >= 0.6 is 0 Å². The van der Waals surface area contributed by atoms with Crippen LogP contribution in [0.5, 0.6) is 0 Å². The third-order valence-electron chi connectivity index (χ3n) is 7.74. The van der Waals surface area contributed by atoms with Gasteiger partial charge < -0.3 is 10.8 Å². The highest BCUT2D eigenvalue weighted by Gasteiger charge is 2.66. The normalized spacial score (nSPS) is 37.0. The van der Waals surface area contributed by atoms with E-state index in [4.69, 9.17) is 10.7 Å². The molecule has 1 fully saturated rings. The van der Waals surface area contributed by atoms with E-state index in [2.05, 4.69) is 25.1 Å². The molecule has 1 heterocycles. The van der Waals surface area contributed by atoms with Gasteiger partial charge in [0, 0.05) is 12.5 Å². The molecular formula is C23H29N3O2. The number of aliphatic imine (C=N–C) groups is 1. The van der Waals surface area contributed by atoms with Crippen LogP contribution in [0.3, 0.4) is 0 Å². The Morgan fingerprint density at radius 3 is 2.61 bits per heavy atom. The highest BCUT2D eigenvalue weighted by Crippen LogP contribution is 2.62. The van der Waals surface area contributed by atoms with Crippen molar-refractivity contribution in [2.24, 2.45) is 22.1 Å². The average molecular weight is 380 g/mol. The van der Waals surface area contributed by atoms with Crippen molar-refractivity contribution in [1.29, 1.82) is 0 Å². The Labute approximate surface area is 166 Å². The van der Waals surface area contributed by atoms with Crippen LogP contribution in [0, 0.1) is 11.3 Å². The summed E-state index contributed by atoms with van der Waals surface area (Å²) in [6, 6.07) is 6.50. The predicted molar refractivity (Wildman–Crippen MR) is 109 cm³/mol. The van der Waals surface area contributed by atoms with Gasteiger partial charge >= 0.3 is 0 Å². The average Bonchev–Trinajstić information content (AvgIpc) is 3.30. The zero-order valence-electron chi connectivity index (χ0n) is 16.7. The Morgan fingerprint density at radius 1 is 1.25 bits per heavy atom. The molecule has 5 heteroatoms. The lowest BCUT2D eigenvalue weighted by atomic mass is 9.60. The summed E-state index contributed by atoms with van der Waals surface area (Å²) in [4.78, 5) is 20.1. The number of hydrogen-bond acceptors (Lipinski definition) is 4. The Bertz CT molecular complexity index is 910. The number of aliphatic hydroxyl groups excluding tert-OH is 1. The van der Waals surface area contributed by atoms with Gasteiger partial charge in [0.25, 0.3) is 5.91 Å². The van der Waals surface area contributed by atoms with Crippen molar-refractivity contribution >= 4 is 17.4 Å². The molecule has 148 valence electrons. The Balaban J connectivity index is 1.68. The fourth-order valence-corrected chi connectivity index (χ4v) is 6.00. The smallest absolute Gasteiger partial charge is 0.262 e. The summed E-state index contributed by atoms with van der Waals surface area (Å²) >= 11 is 0. The van der Waals surface area contributed by atoms with Gasteiger partial charge in [-0.15, -0.1) is 0 Å². The number of rotatable bonds is 1. The second kappa shape index (κ2) is 5.93. The SMILES string of the molecule is CC1CCC2(CC1)Cc1ccc(C3=CC(O)CC3)cc1C21N=C(N)N(C)C1=O. The number of carbonyl (C=O) groups is 1. The lowest BCUT2D eigenvalue weighted by Gasteiger charge is -2.45. The molecule has 3 aliphatic carbocycles. The number of aliphatic hydroxyl groups is 1. The quantitative estimate of drug-likeness (QED) is 0.787. The van der Waals surface area contributed by atoms with Crippen LogP contribution in [0.25, 0.3) is 5.57 Å². The zero-order chi connectivity index (χ0) is 19.7. The summed E-state index contributed by atoms with van der Waals surface area (Å²) in [5, 5.41) is 9.92. The first kappa shape index (κ1) is 17.9. The van der Waals surface area contributed by atoms with Gasteiger partial charge in [-0.2, -0.15) is 0 Å². The predicted octanol–water partition coefficient (Wildman–Crippen LogP) is 2.96. The molecule has 2 unspecified atom stereocenters. The molecule has 1 amide bonds. The van der Waals surface area contributed by atoms with E-state index in [1.807, 2.05) is 6.08 Å². The number of guanidine groups is 1. The minimum Gasteiger partial charge on any atom is -0.389 e. The Kier molecular flexibility index (Phi) is 3.80. The molecule has 0 aromatic heterocycles. The van der Waals surface area contributed by atoms with Gasteiger partial charge in [0.2, 0.25) is 0 Å². The largest absolute Gasteiger partial charge is 0.389 e. The fourth-order valence-electron chi connectivity index (χ4n) is 6.00. The molecule has 5 nitrogen and oxygen atoms in total. The molecule has 1 aliphatic heterocycles. The molecule has 3 N–H and O–H groups in total. The van der Waals surface area contributed by atoms with Crippen LogP contribution in [0.2, 0.25) is 0 Å². The monoisotopic (exact) mass is 379 g/mol. The van der Waals surface area contributed by atoms with Gasteiger partial charge in [0.1, 0.15) is 0 Å². The molecule has 1 aromatic carbocycles. The second-order valence-corrected chi connectivity index (χ2v) is 9.35. The van der Waals surface area contributed by atoms with Crippen LogP contribution < -0.4 is 5.73 Å². The molecule has 1 saturated carbocycles. The van der Waals surface area contributed by atoms with Crippen LogP contribution in [-0.2, 0) is 16.8 Å². The van der Waals surface area contributed by atoms with E-state index in [0.29, 0.717) is 11.9 Å². The van der Waals surface area contributed by atoms with Crippen molar-refractivity contribution in [2.75, 3.05) is 7.05 Å². The highest BCUT2D eigenvalue weighted by atomic mass is 16.3. The first-order valence-corrected chi connectivity index (χ1v) is 10.5. The number of amides is 1. The molecule has 28 heavy (non-hydrogen) atoms. The fraction of sp³-hybridized carbons (Fsp3) is 0.565. The number of allylic oxidation sites excluding steroid dienone is 1. The van der Waals surface area contributed by atoms with Crippen molar-refractivity contribution < 1.29 is 9.90 Å². The lowest BCUT2D eigenvalue weighted by molar-refractivity contribution is -0.136. The lowest BCUT2D eigenvalue weighted by Crippen LogP contribution is -2.50. The van der Waals surface area contributed by atoms with E-state index >= 15 is 0 Å². The van der Waals surface area contributed by atoms with Gasteiger partial charge in [0.05, 0.1) is 6.10 Å². The maximum Gasteiger partial charge on any atom is 0.262 e. The molecule has 0 radical (unpaired) electrons. The minimum atomic E-state index is -0.880. The van der Waals surface area contributed by atoms with Gasteiger partial charge in [-0.3, -0.25) is 9.69 Å². The molecule has 5 rings (SSSR count). The van der Waals surface area contributed by atoms with E-state index in [1.165, 1.54) is 11.1 Å². The summed E-state index contributed by atoms with van der Waals surface area (Å²) in [5.41, 5.74) is 9.68. The van der Waals surface area contributed by atoms with Crippen LogP contribution in [0.4, 0.5) is 0 Å². The van der Waals surface area contributed by atoms with Crippen molar-refractivity contribution in [3.63, 3.8) is 0 Å². The number of nitrogens with zero attached hydrogens (tertiary/aromatic N) is 2. The van der Waals surface area contributed by atoms with Gasteiger partial charge in [-0.1, -0.05) is 38.0 Å². The molecule has 2 spiro atoms. The number of fused-ring (bicyclic) bond motifs is 3. The second-order valence-electron chi connectivity index (χ2n) is 9.35. The number of hydrogen-bond donors (Lipinski definition) is 2. The highest BCUT2D eigenvalue weighted by molar-refractivity contribution is 6.08. The molecule has 0 saturated heterocycles. The summed E-state index contributed by atoms with van der Waals surface area (Å²) in [6.07, 6.45) is 8.40. The maximum absolute atomic E-state index is 13.6. The van der Waals surface area contributed by atoms with Crippen molar-refractivity contribution in [3.8, 4) is 0 Å². The summed E-state index contributed by atoms with van der Waals surface area (Å²) in [7, 11) is 1.74. The third kappa shape index (κ3) is 2.22. The molecule has 1 aromatic rings. The molecule has 4 aliphatic rings. The first-order valence-electron chi connectivity index (χ1n) is 10.5.